The lowest BCUT2D eigenvalue weighted by Gasteiger charge is -2.32. The first-order valence-corrected chi connectivity index (χ1v) is 13.5. The number of carbonyl (C=O) groups is 2. The second-order valence-electron chi connectivity index (χ2n) is 8.03. The summed E-state index contributed by atoms with van der Waals surface area (Å²) < 4.78 is 28.3. The maximum absolute atomic E-state index is 13.7. The monoisotopic (exact) mass is 547 g/mol. The molecule has 0 saturated carbocycles. The molecule has 1 atom stereocenters. The van der Waals surface area contributed by atoms with Gasteiger partial charge in [-0.2, -0.15) is 0 Å². The van der Waals surface area contributed by atoms with Gasteiger partial charge in [-0.3, -0.25) is 13.9 Å². The van der Waals surface area contributed by atoms with E-state index in [0.717, 1.165) is 9.87 Å². The maximum Gasteiger partial charge on any atom is 0.264 e. The molecule has 0 aliphatic rings. The van der Waals surface area contributed by atoms with Crippen LogP contribution in [0.4, 0.5) is 5.69 Å². The molecule has 0 radical (unpaired) electrons. The first-order valence-electron chi connectivity index (χ1n) is 11.3. The van der Waals surface area contributed by atoms with Crippen LogP contribution in [0, 0.1) is 0 Å². The molecule has 3 rings (SSSR count). The van der Waals surface area contributed by atoms with Crippen LogP contribution < -0.4 is 9.62 Å². The van der Waals surface area contributed by atoms with E-state index in [0.29, 0.717) is 6.54 Å². The summed E-state index contributed by atoms with van der Waals surface area (Å²) in [4.78, 5) is 27.7. The number of sulfonamides is 1. The van der Waals surface area contributed by atoms with Gasteiger partial charge in [0.1, 0.15) is 12.6 Å². The standard InChI is InChI=1S/C26H27Cl2N3O4S/c1-3-29-26(33)19(2)30(17-20-10-6-4-7-11-20)25(32)18-31(23-15-21(27)14-22(28)16-23)36(34,35)24-12-8-5-9-13-24/h4-16,19H,3,17-18H2,1-2H3,(H,29,33)/t19-/m0/s1. The highest BCUT2D eigenvalue weighted by Gasteiger charge is 2.32. The first kappa shape index (κ1) is 27.5. The van der Waals surface area contributed by atoms with Crippen molar-refractivity contribution in [3.8, 4) is 0 Å². The molecule has 0 heterocycles. The lowest BCUT2D eigenvalue weighted by molar-refractivity contribution is -0.139. The van der Waals surface area contributed by atoms with Gasteiger partial charge >= 0.3 is 0 Å². The molecule has 3 aromatic carbocycles. The minimum absolute atomic E-state index is 0.000261. The fraction of sp³-hybridized carbons (Fsp3) is 0.231. The molecule has 0 aliphatic carbocycles. The smallest absolute Gasteiger partial charge is 0.264 e. The number of likely N-dealkylation sites (N-methyl/N-ethyl adjacent to an activating group) is 1. The van der Waals surface area contributed by atoms with Crippen LogP contribution in [0.1, 0.15) is 19.4 Å². The van der Waals surface area contributed by atoms with Gasteiger partial charge in [0.2, 0.25) is 11.8 Å². The summed E-state index contributed by atoms with van der Waals surface area (Å²) in [5, 5.41) is 3.16. The molecular formula is C26H27Cl2N3O4S. The number of amides is 2. The number of benzene rings is 3. The molecule has 190 valence electrons. The molecule has 10 heteroatoms. The summed E-state index contributed by atoms with van der Waals surface area (Å²) in [5.41, 5.74) is 0.931. The molecule has 0 saturated heterocycles. The predicted molar refractivity (Wildman–Crippen MR) is 143 cm³/mol. The van der Waals surface area contributed by atoms with Gasteiger partial charge in [0.25, 0.3) is 10.0 Å². The van der Waals surface area contributed by atoms with Crippen LogP contribution in [-0.2, 0) is 26.2 Å². The van der Waals surface area contributed by atoms with E-state index >= 15 is 0 Å². The van der Waals surface area contributed by atoms with Crippen molar-refractivity contribution < 1.29 is 18.0 Å². The van der Waals surface area contributed by atoms with Gasteiger partial charge in [0, 0.05) is 23.1 Å². The topological polar surface area (TPSA) is 86.8 Å². The Labute approximate surface area is 221 Å². The molecule has 0 unspecified atom stereocenters. The second-order valence-corrected chi connectivity index (χ2v) is 10.8. The number of nitrogens with zero attached hydrogens (tertiary/aromatic N) is 2. The van der Waals surface area contributed by atoms with E-state index in [1.807, 2.05) is 30.3 Å². The van der Waals surface area contributed by atoms with Crippen molar-refractivity contribution in [1.29, 1.82) is 0 Å². The zero-order valence-corrected chi connectivity index (χ0v) is 22.2. The largest absolute Gasteiger partial charge is 0.355 e. The number of nitrogens with one attached hydrogen (secondary N) is 1. The predicted octanol–water partition coefficient (Wildman–Crippen LogP) is 4.74. The average Bonchev–Trinajstić information content (AvgIpc) is 2.86. The van der Waals surface area contributed by atoms with Crippen molar-refractivity contribution in [1.82, 2.24) is 10.2 Å². The molecule has 0 aromatic heterocycles. The third-order valence-corrected chi connectivity index (χ3v) is 7.68. The quantitative estimate of drug-likeness (QED) is 0.397. The zero-order chi connectivity index (χ0) is 26.3. The van der Waals surface area contributed by atoms with Crippen LogP contribution in [0.15, 0.2) is 83.8 Å². The van der Waals surface area contributed by atoms with Gasteiger partial charge in [-0.25, -0.2) is 8.42 Å². The van der Waals surface area contributed by atoms with E-state index in [2.05, 4.69) is 5.32 Å². The molecule has 36 heavy (non-hydrogen) atoms. The lowest BCUT2D eigenvalue weighted by Crippen LogP contribution is -2.51. The maximum atomic E-state index is 13.7. The van der Waals surface area contributed by atoms with Crippen LogP contribution in [0.25, 0.3) is 0 Å². The van der Waals surface area contributed by atoms with Crippen molar-refractivity contribution in [2.45, 2.75) is 31.3 Å². The Kier molecular flexibility index (Phi) is 9.37. The third-order valence-electron chi connectivity index (χ3n) is 5.46. The molecule has 0 spiro atoms. The fourth-order valence-electron chi connectivity index (χ4n) is 3.62. The minimum atomic E-state index is -4.18. The van der Waals surface area contributed by atoms with Crippen LogP contribution in [0.5, 0.6) is 0 Å². The summed E-state index contributed by atoms with van der Waals surface area (Å²) in [5.74, 6) is -0.904. The van der Waals surface area contributed by atoms with Crippen LogP contribution in [-0.4, -0.2) is 44.3 Å². The van der Waals surface area contributed by atoms with Crippen molar-refractivity contribution >= 4 is 50.7 Å². The van der Waals surface area contributed by atoms with Crippen LogP contribution in [0.3, 0.4) is 0 Å². The number of hydrogen-bond donors (Lipinski definition) is 1. The minimum Gasteiger partial charge on any atom is -0.355 e. The van der Waals surface area contributed by atoms with Gasteiger partial charge in [0.05, 0.1) is 10.6 Å². The zero-order valence-electron chi connectivity index (χ0n) is 19.9. The van der Waals surface area contributed by atoms with E-state index < -0.39 is 28.5 Å². The molecule has 0 bridgehead atoms. The summed E-state index contributed by atoms with van der Waals surface area (Å²) in [6, 6.07) is 20.4. The number of anilines is 1. The Bertz CT molecular complexity index is 1290. The number of hydrogen-bond acceptors (Lipinski definition) is 4. The van der Waals surface area contributed by atoms with Crippen molar-refractivity contribution in [3.05, 3.63) is 94.5 Å². The molecule has 0 aliphatic heterocycles. The van der Waals surface area contributed by atoms with Crippen molar-refractivity contribution in [3.63, 3.8) is 0 Å². The Hall–Kier alpha value is -3.07. The average molecular weight is 548 g/mol. The molecule has 0 fully saturated rings. The normalized spacial score (nSPS) is 12.0. The third kappa shape index (κ3) is 6.78. The first-order chi connectivity index (χ1) is 17.1. The molecule has 7 nitrogen and oxygen atoms in total. The van der Waals surface area contributed by atoms with Gasteiger partial charge < -0.3 is 10.2 Å². The summed E-state index contributed by atoms with van der Waals surface area (Å²) in [6.45, 7) is 3.34. The Morgan fingerprint density at radius 1 is 0.917 bits per heavy atom. The van der Waals surface area contributed by atoms with E-state index in [1.54, 1.807) is 32.0 Å². The summed E-state index contributed by atoms with van der Waals surface area (Å²) in [7, 11) is -4.18. The van der Waals surface area contributed by atoms with E-state index in [1.165, 1.54) is 35.2 Å². The van der Waals surface area contributed by atoms with Gasteiger partial charge in [-0.1, -0.05) is 71.7 Å². The second kappa shape index (κ2) is 12.3. The Balaban J connectivity index is 2.04. The Morgan fingerprint density at radius 2 is 1.47 bits per heavy atom. The molecule has 2 amide bonds. The summed E-state index contributed by atoms with van der Waals surface area (Å²) in [6.07, 6.45) is 0. The van der Waals surface area contributed by atoms with Gasteiger partial charge in [-0.15, -0.1) is 0 Å². The van der Waals surface area contributed by atoms with Crippen LogP contribution in [0.2, 0.25) is 10.0 Å². The SMILES string of the molecule is CCNC(=O)[C@H](C)N(Cc1ccccc1)C(=O)CN(c1cc(Cl)cc(Cl)c1)S(=O)(=O)c1ccccc1. The van der Waals surface area contributed by atoms with Crippen molar-refractivity contribution in [2.24, 2.45) is 0 Å². The lowest BCUT2D eigenvalue weighted by atomic mass is 10.1. The molecular weight excluding hydrogens is 521 g/mol. The highest BCUT2D eigenvalue weighted by molar-refractivity contribution is 7.92. The van der Waals surface area contributed by atoms with Crippen molar-refractivity contribution in [2.75, 3.05) is 17.4 Å². The molecule has 3 aromatic rings. The highest BCUT2D eigenvalue weighted by atomic mass is 35.5. The van der Waals surface area contributed by atoms with Gasteiger partial charge in [-0.05, 0) is 49.7 Å². The highest BCUT2D eigenvalue weighted by Crippen LogP contribution is 2.30. The molecule has 1 N–H and O–H groups in total. The fourth-order valence-corrected chi connectivity index (χ4v) is 5.55. The van der Waals surface area contributed by atoms with Crippen LogP contribution >= 0.6 is 23.2 Å². The number of rotatable bonds is 10. The summed E-state index contributed by atoms with van der Waals surface area (Å²) >= 11 is 12.3. The van der Waals surface area contributed by atoms with E-state index in [4.69, 9.17) is 23.2 Å². The number of halogens is 2. The number of carbonyl (C=O) groups excluding carboxylic acids is 2. The van der Waals surface area contributed by atoms with Gasteiger partial charge in [0.15, 0.2) is 0 Å². The van der Waals surface area contributed by atoms with E-state index in [-0.39, 0.29) is 33.1 Å². The Morgan fingerprint density at radius 3 is 2.03 bits per heavy atom. The van der Waals surface area contributed by atoms with E-state index in [9.17, 15) is 18.0 Å².